The maximum absolute atomic E-state index is 13.6. The molecular formula is C36H39N5O2S. The number of benzene rings is 3. The Hall–Kier alpha value is -4.27. The fourth-order valence-corrected chi connectivity index (χ4v) is 7.80. The monoisotopic (exact) mass is 605 g/mol. The minimum Gasteiger partial charge on any atom is -0.297 e. The van der Waals surface area contributed by atoms with Gasteiger partial charge in [0.2, 0.25) is 0 Å². The summed E-state index contributed by atoms with van der Waals surface area (Å²) in [6.07, 6.45) is 7.71. The Balaban J connectivity index is 1.25. The average Bonchev–Trinajstić information content (AvgIpc) is 3.65. The first-order chi connectivity index (χ1) is 21.3. The lowest BCUT2D eigenvalue weighted by atomic mass is 9.83. The van der Waals surface area contributed by atoms with E-state index in [1.165, 1.54) is 15.1 Å². The first kappa shape index (κ1) is 29.8. The normalized spacial score (nSPS) is 17.2. The van der Waals surface area contributed by atoms with Gasteiger partial charge in [-0.3, -0.25) is 9.47 Å². The molecule has 6 rings (SSSR count). The predicted molar refractivity (Wildman–Crippen MR) is 176 cm³/mol. The fourth-order valence-electron chi connectivity index (χ4n) is 6.49. The molecule has 3 aromatic carbocycles. The van der Waals surface area contributed by atoms with Crippen LogP contribution in [0.3, 0.4) is 0 Å². The summed E-state index contributed by atoms with van der Waals surface area (Å²) in [4.78, 5) is 11.7. The van der Waals surface area contributed by atoms with Crippen molar-refractivity contribution in [3.8, 4) is 5.69 Å². The van der Waals surface area contributed by atoms with Gasteiger partial charge in [0, 0.05) is 43.1 Å². The molecule has 1 fully saturated rings. The van der Waals surface area contributed by atoms with Gasteiger partial charge in [-0.15, -0.1) is 0 Å². The topological polar surface area (TPSA) is 72.5 Å². The van der Waals surface area contributed by atoms with Gasteiger partial charge in [0.25, 0.3) is 10.0 Å². The van der Waals surface area contributed by atoms with Crippen molar-refractivity contribution in [2.75, 3.05) is 0 Å². The molecule has 7 nitrogen and oxygen atoms in total. The Morgan fingerprint density at radius 3 is 2.00 bits per heavy atom. The van der Waals surface area contributed by atoms with Crippen molar-refractivity contribution in [1.29, 1.82) is 0 Å². The van der Waals surface area contributed by atoms with E-state index in [1.807, 2.05) is 20.0 Å². The van der Waals surface area contributed by atoms with Crippen molar-refractivity contribution in [3.05, 3.63) is 132 Å². The Bertz CT molecular complexity index is 1780. The minimum absolute atomic E-state index is 0.214. The molecule has 0 amide bonds. The second-order valence-corrected chi connectivity index (χ2v) is 13.6. The van der Waals surface area contributed by atoms with Crippen LogP contribution in [0.4, 0.5) is 5.82 Å². The lowest BCUT2D eigenvalue weighted by Gasteiger charge is -2.37. The largest absolute Gasteiger partial charge is 0.297 e. The molecular weight excluding hydrogens is 566 g/mol. The van der Waals surface area contributed by atoms with Crippen molar-refractivity contribution in [1.82, 2.24) is 18.4 Å². The highest BCUT2D eigenvalue weighted by Gasteiger charge is 2.31. The second-order valence-electron chi connectivity index (χ2n) is 11.7. The van der Waals surface area contributed by atoms with E-state index < -0.39 is 10.0 Å². The molecule has 0 saturated heterocycles. The second kappa shape index (κ2) is 12.8. The minimum atomic E-state index is -3.84. The molecule has 0 atom stereocenters. The van der Waals surface area contributed by atoms with Crippen LogP contribution >= 0.6 is 0 Å². The summed E-state index contributed by atoms with van der Waals surface area (Å²) in [5.41, 5.74) is 5.42. The lowest BCUT2D eigenvalue weighted by Crippen LogP contribution is -2.37. The summed E-state index contributed by atoms with van der Waals surface area (Å²) in [5, 5.41) is 0. The Labute approximate surface area is 260 Å². The zero-order valence-corrected chi connectivity index (χ0v) is 26.2. The van der Waals surface area contributed by atoms with Crippen molar-refractivity contribution in [3.63, 3.8) is 0 Å². The summed E-state index contributed by atoms with van der Waals surface area (Å²) >= 11 is 0. The number of hydrogen-bond acceptors (Lipinski definition) is 5. The number of aryl methyl sites for hydroxylation is 2. The summed E-state index contributed by atoms with van der Waals surface area (Å²) in [5.74, 6) is 1.39. The highest BCUT2D eigenvalue weighted by molar-refractivity contribution is 7.90. The predicted octanol–water partition coefficient (Wildman–Crippen LogP) is 7.59. The number of rotatable bonds is 10. The Morgan fingerprint density at radius 1 is 0.841 bits per heavy atom. The molecule has 44 heavy (non-hydrogen) atoms. The van der Waals surface area contributed by atoms with Gasteiger partial charge in [-0.1, -0.05) is 78.4 Å². The van der Waals surface area contributed by atoms with Crippen LogP contribution in [-0.4, -0.2) is 39.6 Å². The third-order valence-corrected chi connectivity index (χ3v) is 10.5. The van der Waals surface area contributed by atoms with Crippen molar-refractivity contribution in [2.24, 2.45) is 4.99 Å². The number of nitrogens with zero attached hydrogens (tertiary/aromatic N) is 5. The molecule has 0 radical (unpaired) electrons. The van der Waals surface area contributed by atoms with Gasteiger partial charge < -0.3 is 0 Å². The van der Waals surface area contributed by atoms with E-state index in [4.69, 9.17) is 0 Å². The van der Waals surface area contributed by atoms with Crippen LogP contribution in [0.1, 0.15) is 59.8 Å². The van der Waals surface area contributed by atoms with Crippen LogP contribution in [0.25, 0.3) is 5.69 Å². The SMILES string of the molecule is C=Nc1c(-n2c(C3CCC(N(Cc4ccccc4)Cc4ccccc4)CC3)cnc2C)ccn1S(=O)(=O)c1ccc(C)cc1. The van der Waals surface area contributed by atoms with Crippen LogP contribution in [0.15, 0.2) is 113 Å². The van der Waals surface area contributed by atoms with Gasteiger partial charge in [0.05, 0.1) is 10.6 Å². The third kappa shape index (κ3) is 6.05. The molecule has 0 unspecified atom stereocenters. The third-order valence-electron chi connectivity index (χ3n) is 8.83. The van der Waals surface area contributed by atoms with Gasteiger partial charge in [-0.2, -0.15) is 0 Å². The number of imidazole rings is 1. The smallest absolute Gasteiger partial charge is 0.269 e. The summed E-state index contributed by atoms with van der Waals surface area (Å²) in [7, 11) is -3.84. The van der Waals surface area contributed by atoms with Gasteiger partial charge in [-0.05, 0) is 75.6 Å². The van der Waals surface area contributed by atoms with Crippen molar-refractivity contribution >= 4 is 22.6 Å². The molecule has 226 valence electrons. The summed E-state index contributed by atoms with van der Waals surface area (Å²) in [6.45, 7) is 9.47. The number of hydrogen-bond donors (Lipinski definition) is 0. The van der Waals surface area contributed by atoms with E-state index in [0.717, 1.165) is 55.9 Å². The lowest BCUT2D eigenvalue weighted by molar-refractivity contribution is 0.132. The van der Waals surface area contributed by atoms with Crippen LogP contribution in [0, 0.1) is 13.8 Å². The van der Waals surface area contributed by atoms with E-state index in [0.29, 0.717) is 23.5 Å². The summed E-state index contributed by atoms with van der Waals surface area (Å²) in [6, 6.07) is 30.6. The first-order valence-corrected chi connectivity index (χ1v) is 16.7. The molecule has 0 aliphatic heterocycles. The van der Waals surface area contributed by atoms with Crippen molar-refractivity contribution in [2.45, 2.75) is 69.5 Å². The van der Waals surface area contributed by atoms with Crippen LogP contribution in [-0.2, 0) is 23.1 Å². The van der Waals surface area contributed by atoms with Crippen molar-refractivity contribution < 1.29 is 8.42 Å². The first-order valence-electron chi connectivity index (χ1n) is 15.2. The standard InChI is InChI=1S/C36H39N5O2S/c1-27-14-20-33(21-15-27)44(42,43)40-23-22-34(36(40)37-3)41-28(2)38-24-35(41)31-16-18-32(19-17-31)39(25-29-10-6-4-7-11-29)26-30-12-8-5-9-13-30/h4-15,20-24,31-32H,3,16-19,25-26H2,1-2H3. The highest BCUT2D eigenvalue weighted by Crippen LogP contribution is 2.39. The maximum Gasteiger partial charge on any atom is 0.269 e. The van der Waals surface area contributed by atoms with Crippen LogP contribution < -0.4 is 0 Å². The molecule has 8 heteroatoms. The molecule has 0 spiro atoms. The van der Waals surface area contributed by atoms with Gasteiger partial charge in [0.15, 0.2) is 5.82 Å². The van der Waals surface area contributed by atoms with E-state index in [9.17, 15) is 8.42 Å². The molecule has 1 saturated carbocycles. The molecule has 5 aromatic rings. The molecule has 0 N–H and O–H groups in total. The average molecular weight is 606 g/mol. The Kier molecular flexibility index (Phi) is 8.64. The zero-order chi connectivity index (χ0) is 30.7. The van der Waals surface area contributed by atoms with Crippen LogP contribution in [0.5, 0.6) is 0 Å². The van der Waals surface area contributed by atoms with Crippen LogP contribution in [0.2, 0.25) is 0 Å². The number of aromatic nitrogens is 3. The van der Waals surface area contributed by atoms with E-state index in [-0.39, 0.29) is 4.90 Å². The number of aliphatic imine (C=N–C) groups is 1. The van der Waals surface area contributed by atoms with E-state index in [2.05, 4.69) is 86.8 Å². The van der Waals surface area contributed by atoms with E-state index in [1.54, 1.807) is 36.5 Å². The molecule has 1 aliphatic carbocycles. The quantitative estimate of drug-likeness (QED) is 0.154. The zero-order valence-electron chi connectivity index (χ0n) is 25.4. The molecule has 2 heterocycles. The molecule has 0 bridgehead atoms. The van der Waals surface area contributed by atoms with E-state index >= 15 is 0 Å². The van der Waals surface area contributed by atoms with Gasteiger partial charge in [-0.25, -0.2) is 22.4 Å². The van der Waals surface area contributed by atoms with Gasteiger partial charge in [0.1, 0.15) is 5.82 Å². The fraction of sp³-hybridized carbons (Fsp3) is 0.278. The molecule has 2 aromatic heterocycles. The molecule has 1 aliphatic rings. The maximum atomic E-state index is 13.6. The highest BCUT2D eigenvalue weighted by atomic mass is 32.2. The Morgan fingerprint density at radius 2 is 1.43 bits per heavy atom. The summed E-state index contributed by atoms with van der Waals surface area (Å²) < 4.78 is 30.5. The van der Waals surface area contributed by atoms with Gasteiger partial charge >= 0.3 is 0 Å².